The van der Waals surface area contributed by atoms with Crippen LogP contribution in [0.25, 0.3) is 0 Å². The second-order valence-electron chi connectivity index (χ2n) is 1.14. The van der Waals surface area contributed by atoms with Crippen LogP contribution in [0.15, 0.2) is 16.8 Å². The van der Waals surface area contributed by atoms with Crippen LogP contribution in [0.4, 0.5) is 0 Å². The lowest BCUT2D eigenvalue weighted by atomic mass is 10.7. The lowest BCUT2D eigenvalue weighted by molar-refractivity contribution is 2.17. The van der Waals surface area contributed by atoms with Crippen LogP contribution < -0.4 is 5.30 Å². The number of rotatable bonds is 1. The van der Waals surface area contributed by atoms with Crippen molar-refractivity contribution in [2.75, 3.05) is 0 Å². The molecule has 0 aliphatic heterocycles. The van der Waals surface area contributed by atoms with E-state index in [1.807, 2.05) is 0 Å². The molecule has 0 bridgehead atoms. The van der Waals surface area contributed by atoms with Gasteiger partial charge in [0.2, 0.25) is 0 Å². The van der Waals surface area contributed by atoms with Crippen molar-refractivity contribution in [1.29, 1.82) is 0 Å². The minimum Gasteiger partial charge on any atom is -0.151 e. The summed E-state index contributed by atoms with van der Waals surface area (Å²) in [4.78, 5) is 0. The molecule has 36 valence electrons. The van der Waals surface area contributed by atoms with Gasteiger partial charge in [0.25, 0.3) is 0 Å². The molecule has 0 aliphatic carbocycles. The Morgan fingerprint density at radius 2 is 2.57 bits per heavy atom. The number of hydrogen-bond acceptors (Lipinski definition) is 1. The van der Waals surface area contributed by atoms with Gasteiger partial charge in [-0.1, -0.05) is 14.5 Å². The topological polar surface area (TPSA) is 0 Å². The summed E-state index contributed by atoms with van der Waals surface area (Å²) in [5.41, 5.74) is 0. The second kappa shape index (κ2) is 2.25. The standard InChI is InChI=1S/C5H5PS/c1-6-5-2-3-7-4-5/h2-4H,1H2. The summed E-state index contributed by atoms with van der Waals surface area (Å²) < 4.78 is 0. The molecular formula is C5H5PS. The van der Waals surface area contributed by atoms with Crippen LogP contribution in [0.2, 0.25) is 0 Å². The Balaban J connectivity index is 2.96. The van der Waals surface area contributed by atoms with Crippen molar-refractivity contribution in [3.8, 4) is 0 Å². The van der Waals surface area contributed by atoms with Gasteiger partial charge in [0.15, 0.2) is 0 Å². The minimum absolute atomic E-state index is 1.13. The first-order valence-corrected chi connectivity index (χ1v) is 3.94. The average Bonchev–Trinajstić information content (AvgIpc) is 2.14. The maximum atomic E-state index is 3.71. The van der Waals surface area contributed by atoms with E-state index in [0.29, 0.717) is 0 Å². The van der Waals surface area contributed by atoms with Gasteiger partial charge < -0.3 is 0 Å². The largest absolute Gasteiger partial charge is 0.151 e. The van der Waals surface area contributed by atoms with E-state index in [-0.39, 0.29) is 0 Å². The van der Waals surface area contributed by atoms with Crippen LogP contribution in [0.5, 0.6) is 0 Å². The zero-order chi connectivity index (χ0) is 5.11. The highest BCUT2D eigenvalue weighted by Gasteiger charge is 1.79. The molecule has 0 nitrogen and oxygen atoms in total. The zero-order valence-electron chi connectivity index (χ0n) is 3.79. The van der Waals surface area contributed by atoms with Crippen LogP contribution in [0.3, 0.4) is 0 Å². The molecule has 0 saturated carbocycles. The summed E-state index contributed by atoms with van der Waals surface area (Å²) in [5, 5.41) is 5.48. The second-order valence-corrected chi connectivity index (χ2v) is 2.75. The molecule has 7 heavy (non-hydrogen) atoms. The predicted octanol–water partition coefficient (Wildman–Crippen LogP) is 1.75. The summed E-state index contributed by atoms with van der Waals surface area (Å²) in [7, 11) is 1.13. The van der Waals surface area contributed by atoms with E-state index in [0.717, 1.165) is 8.20 Å². The van der Waals surface area contributed by atoms with Crippen LogP contribution in [0, 0.1) is 0 Å². The molecule has 1 heterocycles. The summed E-state index contributed by atoms with van der Waals surface area (Å²) in [6.07, 6.45) is 3.71. The van der Waals surface area contributed by atoms with Crippen LogP contribution in [-0.4, -0.2) is 6.30 Å². The smallest absolute Gasteiger partial charge is 0.0119 e. The van der Waals surface area contributed by atoms with Gasteiger partial charge in [-0.2, -0.15) is 11.3 Å². The van der Waals surface area contributed by atoms with Gasteiger partial charge in [0.1, 0.15) is 0 Å². The van der Waals surface area contributed by atoms with E-state index in [9.17, 15) is 0 Å². The molecule has 0 unspecified atom stereocenters. The highest BCUT2D eigenvalue weighted by Crippen LogP contribution is 1.99. The van der Waals surface area contributed by atoms with Crippen LogP contribution in [0.1, 0.15) is 0 Å². The van der Waals surface area contributed by atoms with Gasteiger partial charge in [0, 0.05) is 10.7 Å². The molecule has 0 radical (unpaired) electrons. The van der Waals surface area contributed by atoms with Gasteiger partial charge in [-0.25, -0.2) is 0 Å². The van der Waals surface area contributed by atoms with Gasteiger partial charge in [-0.15, -0.1) is 0 Å². The van der Waals surface area contributed by atoms with Gasteiger partial charge >= 0.3 is 0 Å². The monoisotopic (exact) mass is 128 g/mol. The van der Waals surface area contributed by atoms with Crippen molar-refractivity contribution in [2.45, 2.75) is 0 Å². The van der Waals surface area contributed by atoms with E-state index >= 15 is 0 Å². The molecule has 0 amide bonds. The SMILES string of the molecule is C=Pc1ccsc1. The highest BCUT2D eigenvalue weighted by atomic mass is 32.1. The van der Waals surface area contributed by atoms with Gasteiger partial charge in [-0.3, -0.25) is 0 Å². The summed E-state index contributed by atoms with van der Waals surface area (Å²) >= 11 is 1.72. The lowest BCUT2D eigenvalue weighted by Gasteiger charge is -1.70. The quantitative estimate of drug-likeness (QED) is 0.505. The minimum atomic E-state index is 1.13. The Morgan fingerprint density at radius 3 is 2.86 bits per heavy atom. The van der Waals surface area contributed by atoms with E-state index in [4.69, 9.17) is 0 Å². The van der Waals surface area contributed by atoms with E-state index < -0.39 is 0 Å². The molecule has 0 saturated heterocycles. The molecule has 1 aromatic heterocycles. The highest BCUT2D eigenvalue weighted by molar-refractivity contribution is 7.46. The zero-order valence-corrected chi connectivity index (χ0v) is 5.51. The van der Waals surface area contributed by atoms with Crippen molar-refractivity contribution in [1.82, 2.24) is 0 Å². The van der Waals surface area contributed by atoms with Crippen molar-refractivity contribution in [2.24, 2.45) is 0 Å². The first-order chi connectivity index (χ1) is 3.43. The maximum absolute atomic E-state index is 3.71. The molecule has 0 N–H and O–H groups in total. The summed E-state index contributed by atoms with van der Waals surface area (Å²) in [6, 6.07) is 2.08. The molecule has 0 aromatic carbocycles. The van der Waals surface area contributed by atoms with Crippen molar-refractivity contribution >= 4 is 31.1 Å². The number of hydrogen-bond donors (Lipinski definition) is 0. The molecule has 1 aromatic rings. The first-order valence-electron chi connectivity index (χ1n) is 1.92. The Kier molecular flexibility index (Phi) is 1.61. The Morgan fingerprint density at radius 1 is 1.71 bits per heavy atom. The third kappa shape index (κ3) is 1.12. The lowest BCUT2D eigenvalue weighted by Crippen LogP contribution is -1.77. The average molecular weight is 128 g/mol. The van der Waals surface area contributed by atoms with E-state index in [1.165, 1.54) is 5.30 Å². The Labute approximate surface area is 48.6 Å². The molecule has 0 atom stereocenters. The molecular weight excluding hydrogens is 123 g/mol. The third-order valence-corrected chi connectivity index (χ3v) is 2.19. The van der Waals surface area contributed by atoms with E-state index in [1.54, 1.807) is 11.3 Å². The molecule has 0 aliphatic rings. The fourth-order valence-corrected chi connectivity index (χ4v) is 1.63. The van der Waals surface area contributed by atoms with Crippen molar-refractivity contribution < 1.29 is 0 Å². The predicted molar refractivity (Wildman–Crippen MR) is 38.0 cm³/mol. The normalized spacial score (nSPS) is 9.71. The van der Waals surface area contributed by atoms with E-state index in [2.05, 4.69) is 23.1 Å². The van der Waals surface area contributed by atoms with Gasteiger partial charge in [-0.05, 0) is 11.4 Å². The fourth-order valence-electron chi connectivity index (χ4n) is 0.347. The third-order valence-electron chi connectivity index (χ3n) is 0.689. The Bertz CT molecular complexity index is 143. The summed E-state index contributed by atoms with van der Waals surface area (Å²) in [5.74, 6) is 0. The van der Waals surface area contributed by atoms with Crippen molar-refractivity contribution in [3.05, 3.63) is 16.8 Å². The fraction of sp³-hybridized carbons (Fsp3) is 0. The molecule has 2 heteroatoms. The first kappa shape index (κ1) is 5.02. The number of thiophene rings is 1. The molecule has 0 spiro atoms. The molecule has 0 fully saturated rings. The molecule has 1 rings (SSSR count). The van der Waals surface area contributed by atoms with Crippen molar-refractivity contribution in [3.63, 3.8) is 0 Å². The van der Waals surface area contributed by atoms with Gasteiger partial charge in [0.05, 0.1) is 0 Å². The summed E-state index contributed by atoms with van der Waals surface area (Å²) in [6.45, 7) is 0. The van der Waals surface area contributed by atoms with Crippen LogP contribution >= 0.6 is 19.5 Å². The maximum Gasteiger partial charge on any atom is 0.0119 e. The van der Waals surface area contributed by atoms with Crippen LogP contribution in [-0.2, 0) is 0 Å². The Hall–Kier alpha value is -0.130.